The molecule has 0 aromatic rings. The van der Waals surface area contributed by atoms with Crippen molar-refractivity contribution in [2.24, 2.45) is 23.2 Å². The summed E-state index contributed by atoms with van der Waals surface area (Å²) in [6, 6.07) is 0. The van der Waals surface area contributed by atoms with Gasteiger partial charge in [-0.3, -0.25) is 4.79 Å². The molecule has 2 saturated carbocycles. The highest BCUT2D eigenvalue weighted by Gasteiger charge is 2.48. The number of hydrogen-bond donors (Lipinski definition) is 0. The van der Waals surface area contributed by atoms with E-state index in [-0.39, 0.29) is 10.7 Å². The number of carbonyl (C=O) groups is 1. The Bertz CT molecular complexity index is 229. The Labute approximate surface area is 91.2 Å². The first-order valence-corrected chi connectivity index (χ1v) is 6.09. The van der Waals surface area contributed by atoms with Crippen molar-refractivity contribution in [2.45, 2.75) is 46.0 Å². The predicted octanol–water partition coefficient (Wildman–Crippen LogP) is 3.60. The molecule has 0 aliphatic heterocycles. The largest absolute Gasteiger partial charge is 0.281 e. The molecule has 2 bridgehead atoms. The molecule has 2 unspecified atom stereocenters. The van der Waals surface area contributed by atoms with E-state index in [4.69, 9.17) is 11.6 Å². The minimum absolute atomic E-state index is 0.0689. The third kappa shape index (κ3) is 1.71. The van der Waals surface area contributed by atoms with E-state index in [9.17, 15) is 4.79 Å². The molecule has 2 fully saturated rings. The Morgan fingerprint density at radius 1 is 1.14 bits per heavy atom. The molecule has 80 valence electrons. The molecule has 0 heterocycles. The molecule has 2 aliphatic rings. The van der Waals surface area contributed by atoms with Crippen LogP contribution < -0.4 is 0 Å². The number of halogens is 1. The molecule has 0 aromatic heterocycles. The molecular weight excluding hydrogens is 196 g/mol. The summed E-state index contributed by atoms with van der Waals surface area (Å²) >= 11 is 5.80. The van der Waals surface area contributed by atoms with Crippen LogP contribution in [-0.2, 0) is 4.79 Å². The van der Waals surface area contributed by atoms with Gasteiger partial charge in [0.2, 0.25) is 5.24 Å². The van der Waals surface area contributed by atoms with Crippen LogP contribution in [-0.4, -0.2) is 5.24 Å². The predicted molar refractivity (Wildman–Crippen MR) is 58.2 cm³/mol. The lowest BCUT2D eigenvalue weighted by molar-refractivity contribution is -0.128. The Kier molecular flexibility index (Phi) is 2.63. The van der Waals surface area contributed by atoms with E-state index in [1.165, 1.54) is 12.8 Å². The first-order chi connectivity index (χ1) is 6.52. The molecule has 0 spiro atoms. The van der Waals surface area contributed by atoms with Crippen molar-refractivity contribution in [3.63, 3.8) is 0 Å². The molecule has 2 heteroatoms. The van der Waals surface area contributed by atoms with Crippen molar-refractivity contribution in [3.05, 3.63) is 0 Å². The van der Waals surface area contributed by atoms with Crippen LogP contribution >= 0.6 is 11.6 Å². The number of carbonyl (C=O) groups excluding carboxylic acids is 1. The minimum atomic E-state index is -0.151. The topological polar surface area (TPSA) is 17.1 Å². The van der Waals surface area contributed by atoms with Crippen LogP contribution in [0.5, 0.6) is 0 Å². The van der Waals surface area contributed by atoms with Crippen molar-refractivity contribution >= 4 is 16.8 Å². The smallest absolute Gasteiger partial charge is 0.227 e. The Morgan fingerprint density at radius 2 is 1.64 bits per heavy atom. The van der Waals surface area contributed by atoms with E-state index >= 15 is 0 Å². The maximum absolute atomic E-state index is 11.6. The van der Waals surface area contributed by atoms with E-state index in [0.29, 0.717) is 11.8 Å². The highest BCUT2D eigenvalue weighted by atomic mass is 35.5. The molecule has 0 saturated heterocycles. The van der Waals surface area contributed by atoms with E-state index in [0.717, 1.165) is 25.2 Å². The molecule has 2 rings (SSSR count). The minimum Gasteiger partial charge on any atom is -0.281 e. The highest BCUT2D eigenvalue weighted by Crippen LogP contribution is 2.53. The summed E-state index contributed by atoms with van der Waals surface area (Å²) in [5.41, 5.74) is -0.151. The fraction of sp³-hybridized carbons (Fsp3) is 0.917. The SMILES string of the molecule is CC1CC2CC(C)CC(C(=O)Cl)(C1)C2. The zero-order chi connectivity index (χ0) is 10.3. The normalized spacial score (nSPS) is 47.5. The summed E-state index contributed by atoms with van der Waals surface area (Å²) in [5.74, 6) is 2.12. The van der Waals surface area contributed by atoms with Gasteiger partial charge in [0.05, 0.1) is 0 Å². The van der Waals surface area contributed by atoms with Crippen LogP contribution in [0.1, 0.15) is 46.0 Å². The monoisotopic (exact) mass is 214 g/mol. The van der Waals surface area contributed by atoms with Crippen LogP contribution in [0.15, 0.2) is 0 Å². The van der Waals surface area contributed by atoms with Gasteiger partial charge in [-0.1, -0.05) is 13.8 Å². The lowest BCUT2D eigenvalue weighted by Gasteiger charge is -2.47. The highest BCUT2D eigenvalue weighted by molar-refractivity contribution is 6.64. The average molecular weight is 215 g/mol. The summed E-state index contributed by atoms with van der Waals surface area (Å²) in [6.45, 7) is 4.52. The fourth-order valence-corrected chi connectivity index (χ4v) is 4.18. The fourth-order valence-electron chi connectivity index (χ4n) is 3.95. The van der Waals surface area contributed by atoms with Gasteiger partial charge < -0.3 is 0 Å². The second-order valence-electron chi connectivity index (χ2n) is 5.71. The zero-order valence-electron chi connectivity index (χ0n) is 9.05. The molecular formula is C12H19ClO. The number of rotatable bonds is 1. The number of hydrogen-bond acceptors (Lipinski definition) is 1. The second-order valence-corrected chi connectivity index (χ2v) is 6.06. The van der Waals surface area contributed by atoms with Crippen molar-refractivity contribution in [1.82, 2.24) is 0 Å². The third-order valence-corrected chi connectivity index (χ3v) is 4.45. The summed E-state index contributed by atoms with van der Waals surface area (Å²) in [6.07, 6.45) is 5.71. The van der Waals surface area contributed by atoms with Gasteiger partial charge in [-0.25, -0.2) is 0 Å². The molecule has 0 radical (unpaired) electrons. The van der Waals surface area contributed by atoms with Gasteiger partial charge in [0.1, 0.15) is 0 Å². The Morgan fingerprint density at radius 3 is 2.07 bits per heavy atom. The third-order valence-electron chi connectivity index (χ3n) is 4.05. The molecule has 0 amide bonds. The quantitative estimate of drug-likeness (QED) is 0.610. The molecule has 2 aliphatic carbocycles. The maximum Gasteiger partial charge on any atom is 0.227 e. The number of fused-ring (bicyclic) bond motifs is 2. The zero-order valence-corrected chi connectivity index (χ0v) is 9.81. The molecule has 0 aromatic carbocycles. The van der Waals surface area contributed by atoms with Crippen LogP contribution in [0.25, 0.3) is 0 Å². The Balaban J connectivity index is 2.23. The van der Waals surface area contributed by atoms with Crippen LogP contribution in [0.4, 0.5) is 0 Å². The van der Waals surface area contributed by atoms with E-state index in [1.54, 1.807) is 0 Å². The summed E-state index contributed by atoms with van der Waals surface area (Å²) in [4.78, 5) is 11.6. The van der Waals surface area contributed by atoms with Gasteiger partial charge in [0.15, 0.2) is 0 Å². The van der Waals surface area contributed by atoms with Crippen molar-refractivity contribution in [2.75, 3.05) is 0 Å². The van der Waals surface area contributed by atoms with Crippen molar-refractivity contribution in [3.8, 4) is 0 Å². The van der Waals surface area contributed by atoms with Gasteiger partial charge in [-0.2, -0.15) is 0 Å². The molecule has 0 N–H and O–H groups in total. The van der Waals surface area contributed by atoms with Crippen LogP contribution in [0.3, 0.4) is 0 Å². The van der Waals surface area contributed by atoms with E-state index in [2.05, 4.69) is 13.8 Å². The van der Waals surface area contributed by atoms with Crippen LogP contribution in [0.2, 0.25) is 0 Å². The van der Waals surface area contributed by atoms with Crippen LogP contribution in [0, 0.1) is 23.2 Å². The lowest BCUT2D eigenvalue weighted by atomic mass is 9.57. The average Bonchev–Trinajstić information content (AvgIpc) is 2.00. The standard InChI is InChI=1S/C12H19ClO/c1-8-3-10-4-9(2)6-12(5-8,7-10)11(13)14/h8-10H,3-7H2,1-2H3. The second kappa shape index (κ2) is 3.52. The summed E-state index contributed by atoms with van der Waals surface area (Å²) < 4.78 is 0. The Hall–Kier alpha value is -0.0400. The summed E-state index contributed by atoms with van der Waals surface area (Å²) in [7, 11) is 0. The first kappa shape index (κ1) is 10.5. The lowest BCUT2D eigenvalue weighted by Crippen LogP contribution is -2.42. The van der Waals surface area contributed by atoms with E-state index < -0.39 is 0 Å². The van der Waals surface area contributed by atoms with Gasteiger partial charge >= 0.3 is 0 Å². The first-order valence-electron chi connectivity index (χ1n) is 5.72. The van der Waals surface area contributed by atoms with Gasteiger partial charge in [-0.05, 0) is 61.5 Å². The van der Waals surface area contributed by atoms with Gasteiger partial charge in [0.25, 0.3) is 0 Å². The van der Waals surface area contributed by atoms with Crippen molar-refractivity contribution < 1.29 is 4.79 Å². The van der Waals surface area contributed by atoms with Gasteiger partial charge in [0, 0.05) is 5.41 Å². The summed E-state index contributed by atoms with van der Waals surface area (Å²) in [5, 5.41) is -0.0689. The molecule has 2 atom stereocenters. The van der Waals surface area contributed by atoms with E-state index in [1.807, 2.05) is 0 Å². The van der Waals surface area contributed by atoms with Crippen molar-refractivity contribution in [1.29, 1.82) is 0 Å². The maximum atomic E-state index is 11.6. The molecule has 1 nitrogen and oxygen atoms in total. The molecule has 14 heavy (non-hydrogen) atoms. The van der Waals surface area contributed by atoms with Gasteiger partial charge in [-0.15, -0.1) is 0 Å².